The summed E-state index contributed by atoms with van der Waals surface area (Å²) in [6.07, 6.45) is 0.983. The van der Waals surface area contributed by atoms with Crippen molar-refractivity contribution in [1.29, 1.82) is 0 Å². The first-order valence-electron chi connectivity index (χ1n) is 15.0. The van der Waals surface area contributed by atoms with Crippen LogP contribution < -0.4 is 9.62 Å². The molecule has 4 aromatic carbocycles. The van der Waals surface area contributed by atoms with Crippen molar-refractivity contribution in [2.24, 2.45) is 0 Å². The van der Waals surface area contributed by atoms with E-state index in [9.17, 15) is 18.0 Å². The van der Waals surface area contributed by atoms with E-state index < -0.39 is 28.5 Å². The first kappa shape index (κ1) is 33.9. The van der Waals surface area contributed by atoms with Crippen LogP contribution >= 0.6 is 15.9 Å². The van der Waals surface area contributed by atoms with E-state index in [4.69, 9.17) is 0 Å². The molecule has 1 N–H and O–H groups in total. The maximum atomic E-state index is 14.6. The molecule has 9 heteroatoms. The molecule has 4 aromatic rings. The molecule has 0 spiro atoms. The highest BCUT2D eigenvalue weighted by Gasteiger charge is 2.35. The van der Waals surface area contributed by atoms with Gasteiger partial charge in [-0.05, 0) is 80.3 Å². The molecule has 2 atom stereocenters. The number of carbonyl (C=O) groups is 2. The lowest BCUT2D eigenvalue weighted by Crippen LogP contribution is -2.54. The molecule has 0 aliphatic rings. The smallest absolute Gasteiger partial charge is 0.264 e. The average Bonchev–Trinajstić information content (AvgIpc) is 3.02. The summed E-state index contributed by atoms with van der Waals surface area (Å²) in [6.45, 7) is 7.28. The highest BCUT2D eigenvalue weighted by Crippen LogP contribution is 2.26. The molecular weight excluding hydrogens is 650 g/mol. The number of rotatable bonds is 13. The SMILES string of the molecule is CCC(C)NC(=O)C(Cc1ccccc1)N(Cc1cccc(Br)c1)C(=O)CN(c1cccc(C)c1)S(=O)(=O)c1ccc(C)cc1. The lowest BCUT2D eigenvalue weighted by Gasteiger charge is -2.34. The number of nitrogens with one attached hydrogen (secondary N) is 1. The molecule has 2 unspecified atom stereocenters. The van der Waals surface area contributed by atoms with Crippen molar-refractivity contribution in [1.82, 2.24) is 10.2 Å². The van der Waals surface area contributed by atoms with Gasteiger partial charge in [-0.2, -0.15) is 0 Å². The molecule has 0 aliphatic carbocycles. The van der Waals surface area contributed by atoms with E-state index in [0.717, 1.165) is 37.5 Å². The Morgan fingerprint density at radius 1 is 0.822 bits per heavy atom. The predicted molar refractivity (Wildman–Crippen MR) is 183 cm³/mol. The van der Waals surface area contributed by atoms with Gasteiger partial charge in [-0.15, -0.1) is 0 Å². The van der Waals surface area contributed by atoms with Gasteiger partial charge in [0.25, 0.3) is 10.0 Å². The third kappa shape index (κ3) is 9.05. The molecule has 7 nitrogen and oxygen atoms in total. The summed E-state index contributed by atoms with van der Waals surface area (Å²) in [5.74, 6) is -0.785. The third-order valence-electron chi connectivity index (χ3n) is 7.69. The molecule has 0 heterocycles. The van der Waals surface area contributed by atoms with Gasteiger partial charge in [-0.25, -0.2) is 8.42 Å². The van der Waals surface area contributed by atoms with Crippen molar-refractivity contribution in [2.45, 2.75) is 64.1 Å². The van der Waals surface area contributed by atoms with E-state index >= 15 is 0 Å². The van der Waals surface area contributed by atoms with Crippen LogP contribution in [0.2, 0.25) is 0 Å². The Morgan fingerprint density at radius 3 is 2.13 bits per heavy atom. The van der Waals surface area contributed by atoms with Crippen LogP contribution in [0.3, 0.4) is 0 Å². The summed E-state index contributed by atoms with van der Waals surface area (Å²) in [5, 5.41) is 3.06. The summed E-state index contributed by atoms with van der Waals surface area (Å²) < 4.78 is 30.3. The maximum Gasteiger partial charge on any atom is 0.264 e. The fourth-order valence-electron chi connectivity index (χ4n) is 4.98. The van der Waals surface area contributed by atoms with E-state index in [1.54, 1.807) is 42.5 Å². The topological polar surface area (TPSA) is 86.8 Å². The van der Waals surface area contributed by atoms with Gasteiger partial charge in [0, 0.05) is 23.5 Å². The molecular formula is C36H40BrN3O4S. The Morgan fingerprint density at radius 2 is 1.49 bits per heavy atom. The van der Waals surface area contributed by atoms with Crippen LogP contribution in [0, 0.1) is 13.8 Å². The zero-order valence-corrected chi connectivity index (χ0v) is 28.5. The Balaban J connectivity index is 1.81. The summed E-state index contributed by atoms with van der Waals surface area (Å²) in [6, 6.07) is 29.7. The minimum Gasteiger partial charge on any atom is -0.352 e. The molecule has 0 aliphatic heterocycles. The minimum absolute atomic E-state index is 0.0799. The third-order valence-corrected chi connectivity index (χ3v) is 9.97. The summed E-state index contributed by atoms with van der Waals surface area (Å²) >= 11 is 3.52. The number of halogens is 1. The van der Waals surface area contributed by atoms with Gasteiger partial charge >= 0.3 is 0 Å². The fourth-order valence-corrected chi connectivity index (χ4v) is 6.83. The zero-order chi connectivity index (χ0) is 32.6. The fraction of sp³-hybridized carbons (Fsp3) is 0.278. The lowest BCUT2D eigenvalue weighted by molar-refractivity contribution is -0.140. The minimum atomic E-state index is -4.15. The number of aryl methyl sites for hydroxylation is 2. The van der Waals surface area contributed by atoms with Crippen molar-refractivity contribution < 1.29 is 18.0 Å². The van der Waals surface area contributed by atoms with Gasteiger partial charge in [0.2, 0.25) is 11.8 Å². The second kappa shape index (κ2) is 15.4. The highest BCUT2D eigenvalue weighted by atomic mass is 79.9. The second-order valence-corrected chi connectivity index (χ2v) is 14.1. The van der Waals surface area contributed by atoms with Gasteiger partial charge in [0.1, 0.15) is 12.6 Å². The number of carbonyl (C=O) groups excluding carboxylic acids is 2. The lowest BCUT2D eigenvalue weighted by atomic mass is 10.0. The van der Waals surface area contributed by atoms with Crippen LogP contribution in [0.15, 0.2) is 112 Å². The molecule has 0 aromatic heterocycles. The van der Waals surface area contributed by atoms with Crippen LogP contribution in [0.4, 0.5) is 5.69 Å². The normalized spacial score (nSPS) is 12.6. The molecule has 0 saturated heterocycles. The number of amides is 2. The van der Waals surface area contributed by atoms with E-state index in [-0.39, 0.29) is 29.8 Å². The number of anilines is 1. The van der Waals surface area contributed by atoms with Gasteiger partial charge in [0.15, 0.2) is 0 Å². The molecule has 0 saturated carbocycles. The average molecular weight is 691 g/mol. The Kier molecular flexibility index (Phi) is 11.6. The number of nitrogens with zero attached hydrogens (tertiary/aromatic N) is 2. The molecule has 4 rings (SSSR count). The largest absolute Gasteiger partial charge is 0.352 e. The van der Waals surface area contributed by atoms with Gasteiger partial charge in [0.05, 0.1) is 10.6 Å². The second-order valence-electron chi connectivity index (χ2n) is 11.3. The first-order valence-corrected chi connectivity index (χ1v) is 17.3. The van der Waals surface area contributed by atoms with Crippen molar-refractivity contribution in [3.8, 4) is 0 Å². The van der Waals surface area contributed by atoms with E-state index in [1.165, 1.54) is 4.90 Å². The molecule has 45 heavy (non-hydrogen) atoms. The molecule has 0 bridgehead atoms. The highest BCUT2D eigenvalue weighted by molar-refractivity contribution is 9.10. The monoisotopic (exact) mass is 689 g/mol. The summed E-state index contributed by atoms with van der Waals surface area (Å²) in [5.41, 5.74) is 3.83. The maximum absolute atomic E-state index is 14.6. The molecule has 0 fully saturated rings. The number of hydrogen-bond donors (Lipinski definition) is 1. The van der Waals surface area contributed by atoms with Gasteiger partial charge < -0.3 is 10.2 Å². The van der Waals surface area contributed by atoms with Crippen LogP contribution in [0.1, 0.15) is 42.5 Å². The Hall–Kier alpha value is -3.95. The summed E-state index contributed by atoms with van der Waals surface area (Å²) in [4.78, 5) is 30.1. The van der Waals surface area contributed by atoms with Gasteiger partial charge in [-0.1, -0.05) is 95.1 Å². The van der Waals surface area contributed by atoms with Crippen LogP contribution in [0.5, 0.6) is 0 Å². The Bertz CT molecular complexity index is 1710. The molecule has 0 radical (unpaired) electrons. The van der Waals surface area contributed by atoms with Crippen LogP contribution in [-0.4, -0.2) is 43.8 Å². The van der Waals surface area contributed by atoms with Gasteiger partial charge in [-0.3, -0.25) is 13.9 Å². The first-order chi connectivity index (χ1) is 21.5. The predicted octanol–water partition coefficient (Wildman–Crippen LogP) is 6.82. The van der Waals surface area contributed by atoms with Crippen molar-refractivity contribution in [2.75, 3.05) is 10.8 Å². The number of sulfonamides is 1. The quantitative estimate of drug-likeness (QED) is 0.167. The standard InChI is InChI=1S/C36H40BrN3O4S/c1-5-28(4)38-36(42)34(23-29-12-7-6-8-13-29)39(24-30-14-10-15-31(37)22-30)35(41)25-40(32-16-9-11-27(3)21-32)45(43,44)33-19-17-26(2)18-20-33/h6-22,28,34H,5,23-25H2,1-4H3,(H,38,42). The molecule has 2 amide bonds. The van der Waals surface area contributed by atoms with E-state index in [1.807, 2.05) is 88.4 Å². The van der Waals surface area contributed by atoms with Crippen molar-refractivity contribution in [3.63, 3.8) is 0 Å². The zero-order valence-electron chi connectivity index (χ0n) is 26.1. The van der Waals surface area contributed by atoms with E-state index in [0.29, 0.717) is 5.69 Å². The van der Waals surface area contributed by atoms with Crippen molar-refractivity contribution >= 4 is 43.5 Å². The molecule has 236 valence electrons. The summed E-state index contributed by atoms with van der Waals surface area (Å²) in [7, 11) is -4.15. The van der Waals surface area contributed by atoms with Crippen molar-refractivity contribution in [3.05, 3.63) is 130 Å². The number of hydrogen-bond acceptors (Lipinski definition) is 4. The van der Waals surface area contributed by atoms with Crippen LogP contribution in [0.25, 0.3) is 0 Å². The Labute approximate surface area is 275 Å². The van der Waals surface area contributed by atoms with Crippen LogP contribution in [-0.2, 0) is 32.6 Å². The van der Waals surface area contributed by atoms with E-state index in [2.05, 4.69) is 21.2 Å². The number of benzene rings is 4.